The summed E-state index contributed by atoms with van der Waals surface area (Å²) in [5.74, 6) is 1.35. The van der Waals surface area contributed by atoms with Crippen LogP contribution in [-0.2, 0) is 6.42 Å². The Balaban J connectivity index is 2.86. The van der Waals surface area contributed by atoms with Crippen molar-refractivity contribution in [3.63, 3.8) is 0 Å². The van der Waals surface area contributed by atoms with Gasteiger partial charge in [-0.1, -0.05) is 43.1 Å². The van der Waals surface area contributed by atoms with Crippen molar-refractivity contribution in [2.24, 2.45) is 0 Å². The van der Waals surface area contributed by atoms with Gasteiger partial charge < -0.3 is 0 Å². The smallest absolute Gasteiger partial charge is 0.0453 e. The van der Waals surface area contributed by atoms with Crippen LogP contribution in [0.4, 0.5) is 0 Å². The normalized spacial score (nSPS) is 10.8. The lowest BCUT2D eigenvalue weighted by molar-refractivity contribution is 0.957. The average molecular weight is 202 g/mol. The summed E-state index contributed by atoms with van der Waals surface area (Å²) < 4.78 is 0. The van der Waals surface area contributed by atoms with Gasteiger partial charge in [0.25, 0.3) is 0 Å². The fourth-order valence-electron chi connectivity index (χ4n) is 1.05. The van der Waals surface area contributed by atoms with E-state index in [1.165, 1.54) is 5.92 Å². The third kappa shape index (κ3) is 2.69. The van der Waals surface area contributed by atoms with Crippen LogP contribution in [0.1, 0.15) is 19.4 Å². The molecule has 1 aromatic carbocycles. The van der Waals surface area contributed by atoms with Gasteiger partial charge in [0.2, 0.25) is 0 Å². The van der Waals surface area contributed by atoms with Crippen molar-refractivity contribution in [1.29, 1.82) is 0 Å². The summed E-state index contributed by atoms with van der Waals surface area (Å²) in [4.78, 5) is 0. The van der Waals surface area contributed by atoms with Crippen LogP contribution in [-0.4, -0.2) is 0 Å². The molecule has 0 unspecified atom stereocenters. The van der Waals surface area contributed by atoms with Crippen LogP contribution >= 0.6 is 23.2 Å². The van der Waals surface area contributed by atoms with E-state index in [4.69, 9.17) is 23.2 Å². The van der Waals surface area contributed by atoms with E-state index >= 15 is 0 Å². The molecule has 0 aromatic heterocycles. The first-order valence-electron chi connectivity index (χ1n) is 3.82. The number of halogens is 2. The Morgan fingerprint density at radius 1 is 1.25 bits per heavy atom. The average Bonchev–Trinajstić information content (AvgIpc) is 1.94. The molecular formula is C10H11Cl2. The second kappa shape index (κ2) is 4.15. The molecule has 1 rings (SSSR count). The Hall–Kier alpha value is -0.200. The van der Waals surface area contributed by atoms with Crippen LogP contribution in [0.5, 0.6) is 0 Å². The summed E-state index contributed by atoms with van der Waals surface area (Å²) in [6.45, 7) is 4.18. The molecule has 0 atom stereocenters. The lowest BCUT2D eigenvalue weighted by Gasteiger charge is -2.06. The van der Waals surface area contributed by atoms with Crippen LogP contribution in [0, 0.1) is 5.92 Å². The lowest BCUT2D eigenvalue weighted by Crippen LogP contribution is -1.92. The minimum Gasteiger partial charge on any atom is -0.0843 e. The van der Waals surface area contributed by atoms with E-state index in [0.29, 0.717) is 5.02 Å². The molecule has 0 nitrogen and oxygen atoms in total. The van der Waals surface area contributed by atoms with Gasteiger partial charge in [-0.25, -0.2) is 0 Å². The Bertz CT molecular complexity index is 267. The molecule has 0 bridgehead atoms. The lowest BCUT2D eigenvalue weighted by atomic mass is 10.0. The standard InChI is InChI=1S/C10H11Cl2/c1-7(2)5-8-3-4-9(11)6-10(8)12/h3-4,6H,5H2,1-2H3. The monoisotopic (exact) mass is 201 g/mol. The SMILES string of the molecule is C[C](C)Cc1ccc(Cl)cc1Cl. The minimum atomic E-state index is 0.692. The predicted octanol–water partition coefficient (Wildman–Crippen LogP) is 4.15. The molecule has 1 aromatic rings. The van der Waals surface area contributed by atoms with Gasteiger partial charge >= 0.3 is 0 Å². The Kier molecular flexibility index (Phi) is 3.42. The van der Waals surface area contributed by atoms with E-state index in [2.05, 4.69) is 13.8 Å². The second-order valence-electron chi connectivity index (χ2n) is 3.12. The van der Waals surface area contributed by atoms with Crippen molar-refractivity contribution in [3.8, 4) is 0 Å². The van der Waals surface area contributed by atoms with E-state index in [1.807, 2.05) is 12.1 Å². The molecule has 1 radical (unpaired) electrons. The van der Waals surface area contributed by atoms with Crippen molar-refractivity contribution >= 4 is 23.2 Å². The van der Waals surface area contributed by atoms with Crippen LogP contribution in [0.2, 0.25) is 10.0 Å². The largest absolute Gasteiger partial charge is 0.0843 e. The van der Waals surface area contributed by atoms with Gasteiger partial charge in [-0.15, -0.1) is 0 Å². The van der Waals surface area contributed by atoms with Crippen molar-refractivity contribution < 1.29 is 0 Å². The molecule has 0 amide bonds. The van der Waals surface area contributed by atoms with Crippen molar-refractivity contribution in [2.75, 3.05) is 0 Å². The fourth-order valence-corrected chi connectivity index (χ4v) is 1.52. The van der Waals surface area contributed by atoms with E-state index in [1.54, 1.807) is 6.07 Å². The maximum atomic E-state index is 5.98. The van der Waals surface area contributed by atoms with E-state index in [-0.39, 0.29) is 0 Å². The Labute approximate surface area is 83.5 Å². The molecule has 0 spiro atoms. The molecule has 0 aliphatic heterocycles. The Morgan fingerprint density at radius 3 is 2.42 bits per heavy atom. The first kappa shape index (κ1) is 9.88. The van der Waals surface area contributed by atoms with Crippen LogP contribution in [0.3, 0.4) is 0 Å². The molecule has 2 heteroatoms. The van der Waals surface area contributed by atoms with E-state index < -0.39 is 0 Å². The van der Waals surface area contributed by atoms with Gasteiger partial charge in [0.1, 0.15) is 0 Å². The third-order valence-corrected chi connectivity index (χ3v) is 2.15. The highest BCUT2D eigenvalue weighted by molar-refractivity contribution is 6.35. The van der Waals surface area contributed by atoms with E-state index in [0.717, 1.165) is 17.0 Å². The number of rotatable bonds is 2. The highest BCUT2D eigenvalue weighted by atomic mass is 35.5. The maximum absolute atomic E-state index is 5.98. The molecule has 0 N–H and O–H groups in total. The zero-order valence-electron chi connectivity index (χ0n) is 7.20. The minimum absolute atomic E-state index is 0.692. The topological polar surface area (TPSA) is 0 Å². The summed E-state index contributed by atoms with van der Waals surface area (Å²) in [6, 6.07) is 5.62. The number of hydrogen-bond donors (Lipinski definition) is 0. The quantitative estimate of drug-likeness (QED) is 0.675. The molecule has 65 valence electrons. The first-order valence-corrected chi connectivity index (χ1v) is 4.58. The highest BCUT2D eigenvalue weighted by Crippen LogP contribution is 2.23. The third-order valence-electron chi connectivity index (χ3n) is 1.56. The van der Waals surface area contributed by atoms with Crippen LogP contribution in [0.25, 0.3) is 0 Å². The van der Waals surface area contributed by atoms with Gasteiger partial charge in [-0.05, 0) is 30.0 Å². The van der Waals surface area contributed by atoms with Gasteiger partial charge in [0.05, 0.1) is 0 Å². The summed E-state index contributed by atoms with van der Waals surface area (Å²) in [5.41, 5.74) is 1.14. The summed E-state index contributed by atoms with van der Waals surface area (Å²) in [6.07, 6.45) is 0.927. The van der Waals surface area contributed by atoms with Crippen LogP contribution in [0.15, 0.2) is 18.2 Å². The zero-order chi connectivity index (χ0) is 9.14. The Morgan fingerprint density at radius 2 is 1.92 bits per heavy atom. The summed E-state index contributed by atoms with van der Waals surface area (Å²) >= 11 is 11.7. The summed E-state index contributed by atoms with van der Waals surface area (Å²) in [7, 11) is 0. The molecule has 12 heavy (non-hydrogen) atoms. The molecule has 0 heterocycles. The van der Waals surface area contributed by atoms with Gasteiger partial charge in [0.15, 0.2) is 0 Å². The number of benzene rings is 1. The van der Waals surface area contributed by atoms with E-state index in [9.17, 15) is 0 Å². The molecule has 0 aliphatic rings. The molecule has 0 fully saturated rings. The summed E-state index contributed by atoms with van der Waals surface area (Å²) in [5, 5.41) is 1.45. The first-order chi connectivity index (χ1) is 5.59. The van der Waals surface area contributed by atoms with Crippen molar-refractivity contribution in [1.82, 2.24) is 0 Å². The van der Waals surface area contributed by atoms with Gasteiger partial charge in [-0.2, -0.15) is 0 Å². The molecule has 0 aliphatic carbocycles. The van der Waals surface area contributed by atoms with Gasteiger partial charge in [-0.3, -0.25) is 0 Å². The maximum Gasteiger partial charge on any atom is 0.0453 e. The van der Waals surface area contributed by atoms with Crippen molar-refractivity contribution in [3.05, 3.63) is 39.7 Å². The van der Waals surface area contributed by atoms with Gasteiger partial charge in [0, 0.05) is 10.0 Å². The molecule has 0 saturated heterocycles. The highest BCUT2D eigenvalue weighted by Gasteiger charge is 2.03. The fraction of sp³-hybridized carbons (Fsp3) is 0.300. The predicted molar refractivity (Wildman–Crippen MR) is 54.8 cm³/mol. The zero-order valence-corrected chi connectivity index (χ0v) is 8.71. The molecule has 0 saturated carbocycles. The number of hydrogen-bond acceptors (Lipinski definition) is 0. The van der Waals surface area contributed by atoms with Crippen LogP contribution < -0.4 is 0 Å². The molecular weight excluding hydrogens is 191 g/mol. The van der Waals surface area contributed by atoms with Crippen molar-refractivity contribution in [2.45, 2.75) is 20.3 Å². The second-order valence-corrected chi connectivity index (χ2v) is 3.96.